The second-order valence-electron chi connectivity index (χ2n) is 1.72. The number of nitrogens with one attached hydrogen (secondary N) is 1. The molecule has 0 saturated carbocycles. The third kappa shape index (κ3) is 3.78. The van der Waals surface area contributed by atoms with Crippen LogP contribution in [-0.2, 0) is 4.18 Å². The Bertz CT molecular complexity index is 59.7. The molecule has 1 aliphatic heterocycles. The summed E-state index contributed by atoms with van der Waals surface area (Å²) in [6, 6.07) is 0. The van der Waals surface area contributed by atoms with Crippen LogP contribution in [0.5, 0.6) is 0 Å². The lowest BCUT2D eigenvalue weighted by Crippen LogP contribution is -2.12. The van der Waals surface area contributed by atoms with E-state index in [1.54, 1.807) is 0 Å². The average molecular weight is 151 g/mol. The molecule has 9 heavy (non-hydrogen) atoms. The van der Waals surface area contributed by atoms with E-state index in [9.17, 15) is 0 Å². The van der Waals surface area contributed by atoms with Crippen molar-refractivity contribution in [2.24, 2.45) is 0 Å². The molecule has 0 aromatic rings. The average Bonchev–Trinajstić information content (AvgIpc) is 2.43. The third-order valence-electron chi connectivity index (χ3n) is 1.16. The maximum absolute atomic E-state index is 4.74. The van der Waals surface area contributed by atoms with Crippen LogP contribution >= 0.6 is 12.9 Å². The van der Waals surface area contributed by atoms with Gasteiger partial charge in [0.25, 0.3) is 0 Å². The molecule has 0 aromatic carbocycles. The molecule has 0 aliphatic carbocycles. The highest BCUT2D eigenvalue weighted by molar-refractivity contribution is 7.75. The Balaban J connectivity index is 0. The van der Waals surface area contributed by atoms with Crippen molar-refractivity contribution in [2.75, 3.05) is 13.1 Å². The van der Waals surface area contributed by atoms with Gasteiger partial charge in [0, 0.05) is 7.97 Å². The fourth-order valence-corrected chi connectivity index (χ4v) is 0.898. The Hall–Kier alpha value is 0.270. The zero-order valence-electron chi connectivity index (χ0n) is 6.05. The second kappa shape index (κ2) is 6.39. The lowest BCUT2D eigenvalue weighted by molar-refractivity contribution is 0.272. The van der Waals surface area contributed by atoms with Crippen LogP contribution in [0.2, 0.25) is 0 Å². The molecule has 1 heterocycles. The van der Waals surface area contributed by atoms with E-state index >= 15 is 0 Å². The van der Waals surface area contributed by atoms with Gasteiger partial charge in [-0.05, 0) is 25.9 Å². The van der Waals surface area contributed by atoms with Crippen molar-refractivity contribution in [1.82, 2.24) is 5.32 Å². The Morgan fingerprint density at radius 2 is 2.33 bits per heavy atom. The largest absolute Gasteiger partial charge is 0.314 e. The molecule has 1 saturated heterocycles. The zero-order valence-corrected chi connectivity index (χ0v) is 6.95. The van der Waals surface area contributed by atoms with Crippen LogP contribution in [0, 0.1) is 0 Å². The lowest BCUT2D eigenvalue weighted by Gasteiger charge is -1.99. The highest BCUT2D eigenvalue weighted by Gasteiger charge is 2.12. The SMILES string of the molecule is CC.SOC1CCNC1.[HH]. The molecule has 1 unspecified atom stereocenters. The fraction of sp³-hybridized carbons (Fsp3) is 1.00. The van der Waals surface area contributed by atoms with Gasteiger partial charge in [0.15, 0.2) is 0 Å². The predicted octanol–water partition coefficient (Wildman–Crippen LogP) is 1.48. The van der Waals surface area contributed by atoms with Gasteiger partial charge in [-0.3, -0.25) is 0 Å². The molecular weight excluding hydrogens is 134 g/mol. The second-order valence-corrected chi connectivity index (χ2v) is 1.93. The number of rotatable bonds is 1. The quantitative estimate of drug-likeness (QED) is 0.437. The van der Waals surface area contributed by atoms with Gasteiger partial charge in [0.05, 0.1) is 6.10 Å². The first-order chi connectivity index (χ1) is 4.43. The molecule has 1 N–H and O–H groups in total. The van der Waals surface area contributed by atoms with Gasteiger partial charge in [-0.1, -0.05) is 13.8 Å². The summed E-state index contributed by atoms with van der Waals surface area (Å²) in [5.41, 5.74) is 0. The van der Waals surface area contributed by atoms with Gasteiger partial charge in [0.2, 0.25) is 0 Å². The normalized spacial score (nSPS) is 25.0. The van der Waals surface area contributed by atoms with Crippen molar-refractivity contribution in [1.29, 1.82) is 0 Å². The molecule has 1 rings (SSSR count). The monoisotopic (exact) mass is 151 g/mol. The van der Waals surface area contributed by atoms with Crippen LogP contribution in [0.1, 0.15) is 21.7 Å². The molecule has 0 radical (unpaired) electrons. The number of hydrogen-bond donors (Lipinski definition) is 2. The zero-order chi connectivity index (χ0) is 7.11. The molecule has 1 atom stereocenters. The summed E-state index contributed by atoms with van der Waals surface area (Å²) < 4.78 is 4.74. The Morgan fingerprint density at radius 1 is 1.67 bits per heavy atom. The van der Waals surface area contributed by atoms with Crippen molar-refractivity contribution in [3.63, 3.8) is 0 Å². The first kappa shape index (κ1) is 9.27. The minimum absolute atomic E-state index is 0. The number of hydrogen-bond acceptors (Lipinski definition) is 3. The van der Waals surface area contributed by atoms with Gasteiger partial charge in [0.1, 0.15) is 0 Å². The summed E-state index contributed by atoms with van der Waals surface area (Å²) in [5.74, 6) is 0. The molecule has 3 heteroatoms. The van der Waals surface area contributed by atoms with E-state index in [0.717, 1.165) is 19.5 Å². The minimum Gasteiger partial charge on any atom is -0.314 e. The Morgan fingerprint density at radius 3 is 2.56 bits per heavy atom. The van der Waals surface area contributed by atoms with Gasteiger partial charge in [-0.25, -0.2) is 0 Å². The highest BCUT2D eigenvalue weighted by Crippen LogP contribution is 2.03. The van der Waals surface area contributed by atoms with E-state index < -0.39 is 0 Å². The molecule has 0 amide bonds. The molecule has 0 aromatic heterocycles. The maximum Gasteiger partial charge on any atom is 0.0855 e. The molecule has 1 fully saturated rings. The molecule has 58 valence electrons. The Kier molecular flexibility index (Phi) is 6.58. The van der Waals surface area contributed by atoms with E-state index in [-0.39, 0.29) is 1.43 Å². The maximum atomic E-state index is 4.74. The fourth-order valence-electron chi connectivity index (χ4n) is 0.718. The molecule has 0 spiro atoms. The molecular formula is C6H17NOS. The van der Waals surface area contributed by atoms with Crippen LogP contribution in [0.3, 0.4) is 0 Å². The van der Waals surface area contributed by atoms with Crippen molar-refractivity contribution >= 4 is 12.9 Å². The van der Waals surface area contributed by atoms with Crippen molar-refractivity contribution in [3.05, 3.63) is 0 Å². The summed E-state index contributed by atoms with van der Waals surface area (Å²) in [6.07, 6.45) is 1.45. The molecule has 2 nitrogen and oxygen atoms in total. The summed E-state index contributed by atoms with van der Waals surface area (Å²) in [7, 11) is 0. The first-order valence-electron chi connectivity index (χ1n) is 3.44. The van der Waals surface area contributed by atoms with E-state index in [4.69, 9.17) is 4.18 Å². The molecule has 1 aliphatic rings. The summed E-state index contributed by atoms with van der Waals surface area (Å²) in [6.45, 7) is 6.04. The van der Waals surface area contributed by atoms with E-state index in [2.05, 4.69) is 18.2 Å². The van der Waals surface area contributed by atoms with E-state index in [0.29, 0.717) is 6.10 Å². The number of thiol groups is 1. The van der Waals surface area contributed by atoms with Crippen molar-refractivity contribution in [3.8, 4) is 0 Å². The van der Waals surface area contributed by atoms with Crippen LogP contribution in [-0.4, -0.2) is 19.2 Å². The summed E-state index contributed by atoms with van der Waals surface area (Å²) in [5, 5.41) is 3.15. The van der Waals surface area contributed by atoms with E-state index in [1.807, 2.05) is 13.8 Å². The van der Waals surface area contributed by atoms with Crippen molar-refractivity contribution < 1.29 is 5.61 Å². The summed E-state index contributed by atoms with van der Waals surface area (Å²) in [4.78, 5) is 0. The lowest BCUT2D eigenvalue weighted by atomic mass is 10.3. The van der Waals surface area contributed by atoms with Gasteiger partial charge in [-0.2, -0.15) is 0 Å². The Labute approximate surface area is 64.1 Å². The van der Waals surface area contributed by atoms with Crippen LogP contribution in [0.4, 0.5) is 0 Å². The summed E-state index contributed by atoms with van der Waals surface area (Å²) >= 11 is 3.68. The topological polar surface area (TPSA) is 21.3 Å². The van der Waals surface area contributed by atoms with Crippen LogP contribution < -0.4 is 5.32 Å². The van der Waals surface area contributed by atoms with Crippen LogP contribution in [0.25, 0.3) is 0 Å². The highest BCUT2D eigenvalue weighted by atomic mass is 32.1. The molecule has 0 bridgehead atoms. The van der Waals surface area contributed by atoms with Gasteiger partial charge >= 0.3 is 0 Å². The smallest absolute Gasteiger partial charge is 0.0855 e. The van der Waals surface area contributed by atoms with Gasteiger partial charge in [-0.15, -0.1) is 0 Å². The standard InChI is InChI=1S/C4H9NOS.C2H6.H2/c7-6-4-1-2-5-3-4;1-2;/h4-5,7H,1-3H2;1-2H3;1H. The van der Waals surface area contributed by atoms with Crippen molar-refractivity contribution in [2.45, 2.75) is 26.4 Å². The minimum atomic E-state index is 0. The predicted molar refractivity (Wildman–Crippen MR) is 44.8 cm³/mol. The van der Waals surface area contributed by atoms with Crippen LogP contribution in [0.15, 0.2) is 0 Å². The third-order valence-corrected chi connectivity index (χ3v) is 1.46. The first-order valence-corrected chi connectivity index (χ1v) is 3.81. The van der Waals surface area contributed by atoms with E-state index in [1.165, 1.54) is 0 Å². The van der Waals surface area contributed by atoms with Gasteiger partial charge < -0.3 is 9.50 Å².